The third-order valence-corrected chi connectivity index (χ3v) is 6.90. The average molecular weight is 575 g/mol. The molecular weight excluding hydrogens is 548 g/mol. The third kappa shape index (κ3) is 9.36. The summed E-state index contributed by atoms with van der Waals surface area (Å²) in [6.45, 7) is 0. The number of anilines is 1. The van der Waals surface area contributed by atoms with Gasteiger partial charge in [-0.05, 0) is 54.6 Å². The maximum Gasteiger partial charge on any atom is 0.287 e. The van der Waals surface area contributed by atoms with Gasteiger partial charge in [-0.15, -0.1) is 0 Å². The van der Waals surface area contributed by atoms with E-state index in [1.54, 1.807) is 24.3 Å². The summed E-state index contributed by atoms with van der Waals surface area (Å²) in [6.07, 6.45) is 4.84. The lowest BCUT2D eigenvalue weighted by Crippen LogP contribution is -1.96. The number of aromatic nitrogens is 2. The fourth-order valence-electron chi connectivity index (χ4n) is 2.74. The maximum absolute atomic E-state index is 11.3. The van der Waals surface area contributed by atoms with Crippen LogP contribution in [0.1, 0.15) is 7.43 Å². The Hall–Kier alpha value is -4.56. The van der Waals surface area contributed by atoms with E-state index >= 15 is 0 Å². The first-order valence-corrected chi connectivity index (χ1v) is 14.4. The van der Waals surface area contributed by atoms with Gasteiger partial charge in [-0.1, -0.05) is 7.43 Å². The monoisotopic (exact) mass is 574 g/mol. The Morgan fingerprint density at radius 2 is 1.10 bits per heavy atom. The minimum atomic E-state index is -3.25. The number of hydrogen-bond donors (Lipinski definition) is 1. The van der Waals surface area contributed by atoms with Gasteiger partial charge in [0.05, 0.1) is 26.6 Å². The number of nitrogens with zero attached hydrogens (tertiary/aromatic N) is 3. The molecule has 0 unspecified atom stereocenters. The molecule has 0 spiro atoms. The molecule has 14 heteroatoms. The number of pyridine rings is 2. The number of nitrogens with two attached hydrogens (primary N) is 1. The molecule has 206 valence electrons. The number of sulfone groups is 2. The van der Waals surface area contributed by atoms with Gasteiger partial charge in [0.2, 0.25) is 11.8 Å². The van der Waals surface area contributed by atoms with Crippen molar-refractivity contribution in [3.63, 3.8) is 0 Å². The molecule has 2 aromatic heterocycles. The van der Waals surface area contributed by atoms with Gasteiger partial charge < -0.3 is 15.2 Å². The van der Waals surface area contributed by atoms with E-state index in [0.29, 0.717) is 23.1 Å². The predicted octanol–water partition coefficient (Wildman–Crippen LogP) is 4.68. The zero-order valence-electron chi connectivity index (χ0n) is 20.1. The van der Waals surface area contributed by atoms with Gasteiger partial charge in [-0.3, -0.25) is 10.1 Å². The van der Waals surface area contributed by atoms with Gasteiger partial charge in [0, 0.05) is 30.7 Å². The molecule has 0 bridgehead atoms. The Balaban J connectivity index is 0.000000268. The molecule has 4 aromatic rings. The van der Waals surface area contributed by atoms with E-state index in [1.807, 2.05) is 0 Å². The maximum atomic E-state index is 11.3. The van der Waals surface area contributed by atoms with Crippen molar-refractivity contribution in [1.82, 2.24) is 9.97 Å². The van der Waals surface area contributed by atoms with Gasteiger partial charge in [0.25, 0.3) is 5.69 Å². The SMILES string of the molecule is C.CS(=O)(=O)c1ccc(Oc2ccc(N)cn2)cc1.CS(=O)(=O)c1ccc(Oc2ccc([N+](=O)[O-])cn2)cc1. The summed E-state index contributed by atoms with van der Waals surface area (Å²) in [5.74, 6) is 1.48. The highest BCUT2D eigenvalue weighted by atomic mass is 32.2. The zero-order valence-corrected chi connectivity index (χ0v) is 21.7. The molecule has 2 heterocycles. The summed E-state index contributed by atoms with van der Waals surface area (Å²) in [4.78, 5) is 18.1. The molecule has 0 saturated carbocycles. The van der Waals surface area contributed by atoms with Crippen LogP contribution < -0.4 is 15.2 Å². The fourth-order valence-corrected chi connectivity index (χ4v) is 4.01. The van der Waals surface area contributed by atoms with Crippen LogP contribution in [0.15, 0.2) is 95.0 Å². The Bertz CT molecular complexity index is 1610. The van der Waals surface area contributed by atoms with Crippen LogP contribution >= 0.6 is 0 Å². The second-order valence-electron chi connectivity index (χ2n) is 7.73. The molecule has 0 aliphatic heterocycles. The first-order valence-electron chi connectivity index (χ1n) is 10.6. The van der Waals surface area contributed by atoms with Gasteiger partial charge >= 0.3 is 0 Å². The van der Waals surface area contributed by atoms with Gasteiger partial charge in [0.1, 0.15) is 17.7 Å². The van der Waals surface area contributed by atoms with Crippen LogP contribution in [0.4, 0.5) is 11.4 Å². The second kappa shape index (κ2) is 12.8. The summed E-state index contributed by atoms with van der Waals surface area (Å²) >= 11 is 0. The van der Waals surface area contributed by atoms with E-state index in [9.17, 15) is 26.9 Å². The fraction of sp³-hybridized carbons (Fsp3) is 0.120. The van der Waals surface area contributed by atoms with E-state index in [2.05, 4.69) is 9.97 Å². The van der Waals surface area contributed by atoms with E-state index < -0.39 is 24.6 Å². The molecule has 4 rings (SSSR count). The average Bonchev–Trinajstić information content (AvgIpc) is 2.86. The molecular formula is C25H26N4O8S2. The predicted molar refractivity (Wildman–Crippen MR) is 146 cm³/mol. The van der Waals surface area contributed by atoms with Crippen molar-refractivity contribution < 1.29 is 31.2 Å². The lowest BCUT2D eigenvalue weighted by molar-refractivity contribution is -0.385. The number of nitro groups is 1. The number of hydrogen-bond acceptors (Lipinski definition) is 11. The lowest BCUT2D eigenvalue weighted by atomic mass is 10.3. The van der Waals surface area contributed by atoms with E-state index in [-0.39, 0.29) is 28.8 Å². The largest absolute Gasteiger partial charge is 0.439 e. The second-order valence-corrected chi connectivity index (χ2v) is 11.8. The van der Waals surface area contributed by atoms with Crippen LogP contribution in [0.2, 0.25) is 0 Å². The first kappa shape index (κ1) is 30.7. The highest BCUT2D eigenvalue weighted by Gasteiger charge is 2.09. The van der Waals surface area contributed by atoms with Crippen molar-refractivity contribution in [1.29, 1.82) is 0 Å². The number of rotatable bonds is 7. The van der Waals surface area contributed by atoms with Crippen LogP contribution in [-0.2, 0) is 19.7 Å². The standard InChI is InChI=1S/C12H10N2O5S.C12H12N2O3S.CH4/c1-20(17,18)11-5-3-10(4-6-11)19-12-7-2-9(8-13-12)14(15)16;1-18(15,16)11-5-3-10(4-6-11)17-12-7-2-9(13)8-14-12;/h2-8H,1H3;2-8H,13H2,1H3;1H4. The minimum Gasteiger partial charge on any atom is -0.439 e. The van der Waals surface area contributed by atoms with Gasteiger partial charge in [-0.2, -0.15) is 0 Å². The summed E-state index contributed by atoms with van der Waals surface area (Å²) in [5, 5.41) is 10.5. The summed E-state index contributed by atoms with van der Waals surface area (Å²) in [5.41, 5.74) is 5.92. The van der Waals surface area contributed by atoms with Crippen LogP contribution in [0, 0.1) is 10.1 Å². The topological polar surface area (TPSA) is 182 Å². The van der Waals surface area contributed by atoms with Crippen molar-refractivity contribution in [3.8, 4) is 23.3 Å². The molecule has 0 aliphatic rings. The smallest absolute Gasteiger partial charge is 0.287 e. The molecule has 2 N–H and O–H groups in total. The summed E-state index contributed by atoms with van der Waals surface area (Å²) in [6, 6.07) is 17.9. The highest BCUT2D eigenvalue weighted by Crippen LogP contribution is 2.23. The lowest BCUT2D eigenvalue weighted by Gasteiger charge is -2.05. The summed E-state index contributed by atoms with van der Waals surface area (Å²) in [7, 11) is -6.44. The van der Waals surface area contributed by atoms with Crippen molar-refractivity contribution in [3.05, 3.63) is 95.3 Å². The van der Waals surface area contributed by atoms with Crippen molar-refractivity contribution in [2.75, 3.05) is 18.2 Å². The Morgan fingerprint density at radius 1 is 0.692 bits per heavy atom. The van der Waals surface area contributed by atoms with Crippen LogP contribution in [-0.4, -0.2) is 44.2 Å². The molecule has 0 saturated heterocycles. The Labute approximate surface area is 226 Å². The normalized spacial score (nSPS) is 10.8. The molecule has 0 aliphatic carbocycles. The van der Waals surface area contributed by atoms with Crippen molar-refractivity contribution in [2.45, 2.75) is 17.2 Å². The van der Waals surface area contributed by atoms with Gasteiger partial charge in [-0.25, -0.2) is 26.8 Å². The van der Waals surface area contributed by atoms with Crippen molar-refractivity contribution in [2.24, 2.45) is 0 Å². The van der Waals surface area contributed by atoms with E-state index in [4.69, 9.17) is 15.2 Å². The first-order chi connectivity index (χ1) is 17.8. The highest BCUT2D eigenvalue weighted by molar-refractivity contribution is 7.91. The molecule has 2 aromatic carbocycles. The zero-order chi connectivity index (χ0) is 27.9. The number of ether oxygens (including phenoxy) is 2. The number of nitrogen functional groups attached to an aromatic ring is 1. The summed E-state index contributed by atoms with van der Waals surface area (Å²) < 4.78 is 55.9. The molecule has 0 amide bonds. The Morgan fingerprint density at radius 3 is 1.41 bits per heavy atom. The molecule has 12 nitrogen and oxygen atoms in total. The van der Waals surface area contributed by atoms with E-state index in [1.165, 1.54) is 54.7 Å². The molecule has 0 fully saturated rings. The quantitative estimate of drug-likeness (QED) is 0.239. The van der Waals surface area contributed by atoms with E-state index in [0.717, 1.165) is 18.7 Å². The van der Waals surface area contributed by atoms with Crippen LogP contribution in [0.5, 0.6) is 23.3 Å². The van der Waals surface area contributed by atoms with Gasteiger partial charge in [0.15, 0.2) is 19.7 Å². The number of benzene rings is 2. The Kier molecular flexibility index (Phi) is 10.1. The molecule has 0 radical (unpaired) electrons. The van der Waals surface area contributed by atoms with Crippen LogP contribution in [0.25, 0.3) is 0 Å². The molecule has 0 atom stereocenters. The minimum absolute atomic E-state index is 0. The molecule has 39 heavy (non-hydrogen) atoms. The van der Waals surface area contributed by atoms with Crippen molar-refractivity contribution >= 4 is 31.0 Å². The third-order valence-electron chi connectivity index (χ3n) is 4.64. The van der Waals surface area contributed by atoms with Crippen LogP contribution in [0.3, 0.4) is 0 Å².